The molecule has 0 amide bonds. The van der Waals surface area contributed by atoms with Gasteiger partial charge >= 0.3 is 0 Å². The van der Waals surface area contributed by atoms with Crippen LogP contribution >= 0.6 is 0 Å². The number of rotatable bonds is 4. The van der Waals surface area contributed by atoms with E-state index in [1.807, 2.05) is 12.1 Å². The zero-order valence-electron chi connectivity index (χ0n) is 11.5. The molecule has 2 rings (SSSR count). The molecule has 2 N–H and O–H groups in total. The van der Waals surface area contributed by atoms with Crippen molar-refractivity contribution in [2.75, 3.05) is 0 Å². The maximum absolute atomic E-state index is 11.1. The second-order valence-electron chi connectivity index (χ2n) is 5.80. The summed E-state index contributed by atoms with van der Waals surface area (Å²) in [6, 6.07) is 6.97. The standard InChI is InChI=1S/C15H22N2O2/c1-2-12-6-5-9-15(16,10-12)11-13-7-3-4-8-14(13)17(18)19/h3-4,7-8,12H,2,5-6,9-11,16H2,1H3. The first-order chi connectivity index (χ1) is 9.04. The Kier molecular flexibility index (Phi) is 4.20. The molecule has 0 heterocycles. The van der Waals surface area contributed by atoms with Gasteiger partial charge in [0.2, 0.25) is 0 Å². The quantitative estimate of drug-likeness (QED) is 0.667. The Balaban J connectivity index is 2.18. The van der Waals surface area contributed by atoms with Gasteiger partial charge in [0.05, 0.1) is 4.92 Å². The molecule has 0 aromatic heterocycles. The third kappa shape index (κ3) is 3.32. The average Bonchev–Trinajstić information content (AvgIpc) is 2.38. The number of benzene rings is 1. The zero-order chi connectivity index (χ0) is 13.9. The van der Waals surface area contributed by atoms with Crippen molar-refractivity contribution in [2.24, 2.45) is 11.7 Å². The molecule has 1 aromatic rings. The number of para-hydroxylation sites is 1. The van der Waals surface area contributed by atoms with Gasteiger partial charge in [0, 0.05) is 17.2 Å². The molecule has 2 unspecified atom stereocenters. The van der Waals surface area contributed by atoms with Gasteiger partial charge in [-0.05, 0) is 25.2 Å². The maximum Gasteiger partial charge on any atom is 0.272 e. The molecule has 4 heteroatoms. The highest BCUT2D eigenvalue weighted by Crippen LogP contribution is 2.36. The molecule has 1 aromatic carbocycles. The lowest BCUT2D eigenvalue weighted by Gasteiger charge is -2.38. The van der Waals surface area contributed by atoms with Gasteiger partial charge in [-0.25, -0.2) is 0 Å². The molecular weight excluding hydrogens is 240 g/mol. The summed E-state index contributed by atoms with van der Waals surface area (Å²) in [5.74, 6) is 0.668. The van der Waals surface area contributed by atoms with Gasteiger partial charge in [0.25, 0.3) is 5.69 Å². The molecule has 4 nitrogen and oxygen atoms in total. The average molecular weight is 262 g/mol. The monoisotopic (exact) mass is 262 g/mol. The molecule has 1 saturated carbocycles. The van der Waals surface area contributed by atoms with Gasteiger partial charge in [-0.15, -0.1) is 0 Å². The van der Waals surface area contributed by atoms with Crippen LogP contribution in [0.5, 0.6) is 0 Å². The van der Waals surface area contributed by atoms with Crippen LogP contribution in [0, 0.1) is 16.0 Å². The third-order valence-corrected chi connectivity index (χ3v) is 4.29. The highest BCUT2D eigenvalue weighted by molar-refractivity contribution is 5.41. The molecule has 2 atom stereocenters. The van der Waals surface area contributed by atoms with E-state index in [0.717, 1.165) is 31.2 Å². The van der Waals surface area contributed by atoms with Crippen molar-refractivity contribution in [3.63, 3.8) is 0 Å². The molecule has 104 valence electrons. The van der Waals surface area contributed by atoms with E-state index in [-0.39, 0.29) is 16.1 Å². The van der Waals surface area contributed by atoms with E-state index in [0.29, 0.717) is 12.3 Å². The maximum atomic E-state index is 11.1. The van der Waals surface area contributed by atoms with E-state index in [1.54, 1.807) is 12.1 Å². The molecule has 0 aliphatic heterocycles. The fourth-order valence-electron chi connectivity index (χ4n) is 3.25. The Morgan fingerprint density at radius 1 is 1.47 bits per heavy atom. The summed E-state index contributed by atoms with van der Waals surface area (Å²) in [4.78, 5) is 10.7. The smallest absolute Gasteiger partial charge is 0.272 e. The Hall–Kier alpha value is -1.42. The van der Waals surface area contributed by atoms with Crippen LogP contribution in [0.25, 0.3) is 0 Å². The summed E-state index contributed by atoms with van der Waals surface area (Å²) < 4.78 is 0. The lowest BCUT2D eigenvalue weighted by Crippen LogP contribution is -2.46. The van der Waals surface area contributed by atoms with E-state index in [9.17, 15) is 10.1 Å². The van der Waals surface area contributed by atoms with Gasteiger partial charge in [-0.3, -0.25) is 10.1 Å². The predicted molar refractivity (Wildman–Crippen MR) is 76.0 cm³/mol. The normalized spacial score (nSPS) is 27.2. The van der Waals surface area contributed by atoms with Crippen molar-refractivity contribution in [2.45, 2.75) is 51.0 Å². The molecule has 0 bridgehead atoms. The summed E-state index contributed by atoms with van der Waals surface area (Å²) in [5, 5.41) is 11.1. The van der Waals surface area contributed by atoms with Crippen LogP contribution in [0.2, 0.25) is 0 Å². The van der Waals surface area contributed by atoms with Crippen molar-refractivity contribution >= 4 is 5.69 Å². The van der Waals surface area contributed by atoms with Gasteiger partial charge in [-0.2, -0.15) is 0 Å². The number of nitro benzene ring substituents is 1. The number of nitrogens with zero attached hydrogens (tertiary/aromatic N) is 1. The van der Waals surface area contributed by atoms with E-state index < -0.39 is 0 Å². The van der Waals surface area contributed by atoms with Crippen molar-refractivity contribution in [1.82, 2.24) is 0 Å². The number of nitrogens with two attached hydrogens (primary N) is 1. The number of hydrogen-bond acceptors (Lipinski definition) is 3. The Morgan fingerprint density at radius 3 is 2.89 bits per heavy atom. The number of hydrogen-bond donors (Lipinski definition) is 1. The second kappa shape index (κ2) is 5.70. The van der Waals surface area contributed by atoms with Gasteiger partial charge in [0.15, 0.2) is 0 Å². The third-order valence-electron chi connectivity index (χ3n) is 4.29. The minimum absolute atomic E-state index is 0.200. The minimum Gasteiger partial charge on any atom is -0.325 e. The van der Waals surface area contributed by atoms with Gasteiger partial charge in [-0.1, -0.05) is 44.4 Å². The predicted octanol–water partition coefficient (Wildman–Crippen LogP) is 3.44. The highest BCUT2D eigenvalue weighted by atomic mass is 16.6. The summed E-state index contributed by atoms with van der Waals surface area (Å²) in [6.45, 7) is 2.20. The summed E-state index contributed by atoms with van der Waals surface area (Å²) in [5.41, 5.74) is 7.20. The van der Waals surface area contributed by atoms with E-state index in [1.165, 1.54) is 6.42 Å². The van der Waals surface area contributed by atoms with Crippen molar-refractivity contribution < 1.29 is 4.92 Å². The second-order valence-corrected chi connectivity index (χ2v) is 5.80. The van der Waals surface area contributed by atoms with E-state index in [4.69, 9.17) is 5.73 Å². The lowest BCUT2D eigenvalue weighted by atomic mass is 9.72. The summed E-state index contributed by atoms with van der Waals surface area (Å²) in [6.07, 6.45) is 6.09. The van der Waals surface area contributed by atoms with Gasteiger partial charge in [0.1, 0.15) is 0 Å². The minimum atomic E-state index is -0.307. The molecule has 0 radical (unpaired) electrons. The molecule has 1 fully saturated rings. The molecule has 0 saturated heterocycles. The van der Waals surface area contributed by atoms with Crippen LogP contribution in [0.1, 0.15) is 44.6 Å². The highest BCUT2D eigenvalue weighted by Gasteiger charge is 2.33. The van der Waals surface area contributed by atoms with Gasteiger partial charge < -0.3 is 5.73 Å². The van der Waals surface area contributed by atoms with Crippen molar-refractivity contribution in [3.8, 4) is 0 Å². The van der Waals surface area contributed by atoms with Crippen LogP contribution < -0.4 is 5.73 Å². The molecule has 19 heavy (non-hydrogen) atoms. The van der Waals surface area contributed by atoms with E-state index in [2.05, 4.69) is 6.92 Å². The van der Waals surface area contributed by atoms with Crippen LogP contribution in [0.3, 0.4) is 0 Å². The first-order valence-corrected chi connectivity index (χ1v) is 7.05. The Bertz CT molecular complexity index is 461. The lowest BCUT2D eigenvalue weighted by molar-refractivity contribution is -0.385. The fourth-order valence-corrected chi connectivity index (χ4v) is 3.25. The van der Waals surface area contributed by atoms with Crippen LogP contribution in [-0.2, 0) is 6.42 Å². The Labute approximate surface area is 114 Å². The first-order valence-electron chi connectivity index (χ1n) is 7.05. The van der Waals surface area contributed by atoms with Crippen LogP contribution in [0.4, 0.5) is 5.69 Å². The molecule has 1 aliphatic rings. The molecule has 1 aliphatic carbocycles. The van der Waals surface area contributed by atoms with Crippen LogP contribution in [-0.4, -0.2) is 10.5 Å². The van der Waals surface area contributed by atoms with E-state index >= 15 is 0 Å². The zero-order valence-corrected chi connectivity index (χ0v) is 11.5. The molecular formula is C15H22N2O2. The number of nitro groups is 1. The Morgan fingerprint density at radius 2 is 2.21 bits per heavy atom. The molecule has 0 spiro atoms. The van der Waals surface area contributed by atoms with Crippen molar-refractivity contribution in [1.29, 1.82) is 0 Å². The summed E-state index contributed by atoms with van der Waals surface area (Å²) >= 11 is 0. The fraction of sp³-hybridized carbons (Fsp3) is 0.600. The van der Waals surface area contributed by atoms with Crippen LogP contribution in [0.15, 0.2) is 24.3 Å². The summed E-state index contributed by atoms with van der Waals surface area (Å²) in [7, 11) is 0. The SMILES string of the molecule is CCC1CCCC(N)(Cc2ccccc2[N+](=O)[O-])C1. The first kappa shape index (κ1) is 14.0. The van der Waals surface area contributed by atoms with Crippen molar-refractivity contribution in [3.05, 3.63) is 39.9 Å². The topological polar surface area (TPSA) is 69.2 Å². The largest absolute Gasteiger partial charge is 0.325 e.